The Morgan fingerprint density at radius 3 is 1.10 bits per heavy atom. The normalized spacial score (nSPS) is 37.8. The number of hydrogen-bond donors (Lipinski definition) is 4. The van der Waals surface area contributed by atoms with Crippen LogP contribution in [0.15, 0.2) is 84.9 Å². The summed E-state index contributed by atoms with van der Waals surface area (Å²) in [5, 5.41) is 16.5. The molecular weight excluding hydrogens is 488 g/mol. The molecule has 2 saturated heterocycles. The minimum atomic E-state index is 0.262. The van der Waals surface area contributed by atoms with Gasteiger partial charge in [0.15, 0.2) is 0 Å². The minimum Gasteiger partial charge on any atom is -0.304 e. The maximum Gasteiger partial charge on any atom is 0.0521 e. The summed E-state index contributed by atoms with van der Waals surface area (Å²) in [4.78, 5) is 0. The van der Waals surface area contributed by atoms with Gasteiger partial charge in [-0.05, 0) is 72.6 Å². The quantitative estimate of drug-likeness (QED) is 0.299. The van der Waals surface area contributed by atoms with Gasteiger partial charge in [-0.2, -0.15) is 0 Å². The number of nitrogens with one attached hydrogen (secondary N) is 4. The van der Waals surface area contributed by atoms with Gasteiger partial charge in [0.25, 0.3) is 0 Å². The molecule has 210 valence electrons. The lowest BCUT2D eigenvalue weighted by Crippen LogP contribution is -2.60. The van der Waals surface area contributed by atoms with E-state index in [2.05, 4.69) is 120 Å². The fraction of sp³-hybridized carbons (Fsp3) is 0.500. The molecule has 2 aliphatic heterocycles. The molecule has 10 atom stereocenters. The molecule has 3 aromatic carbocycles. The molecule has 0 radical (unpaired) electrons. The molecule has 4 aliphatic rings. The summed E-state index contributed by atoms with van der Waals surface area (Å²) in [7, 11) is 0. The third-order valence-electron chi connectivity index (χ3n) is 10.4. The summed E-state index contributed by atoms with van der Waals surface area (Å²) >= 11 is 0. The van der Waals surface area contributed by atoms with E-state index in [4.69, 9.17) is 0 Å². The van der Waals surface area contributed by atoms with Crippen molar-refractivity contribution >= 4 is 0 Å². The van der Waals surface area contributed by atoms with Crippen LogP contribution in [0.4, 0.5) is 0 Å². The van der Waals surface area contributed by atoms with Crippen LogP contribution >= 0.6 is 0 Å². The van der Waals surface area contributed by atoms with Crippen molar-refractivity contribution in [1.29, 1.82) is 0 Å². The number of hydrogen-bond acceptors (Lipinski definition) is 4. The van der Waals surface area contributed by atoms with E-state index in [0.717, 1.165) is 11.8 Å². The molecule has 40 heavy (non-hydrogen) atoms. The van der Waals surface area contributed by atoms with E-state index in [0.29, 0.717) is 24.2 Å². The van der Waals surface area contributed by atoms with Crippen molar-refractivity contribution in [3.8, 4) is 0 Å². The summed E-state index contributed by atoms with van der Waals surface area (Å²) < 4.78 is 0. The maximum atomic E-state index is 4.13. The van der Waals surface area contributed by atoms with Gasteiger partial charge in [0, 0.05) is 24.2 Å². The lowest BCUT2D eigenvalue weighted by Gasteiger charge is -2.48. The van der Waals surface area contributed by atoms with Crippen molar-refractivity contribution in [2.45, 2.75) is 101 Å². The zero-order valence-corrected chi connectivity index (χ0v) is 24.1. The highest BCUT2D eigenvalue weighted by atomic mass is 15.2. The van der Waals surface area contributed by atoms with Crippen molar-refractivity contribution in [2.24, 2.45) is 11.8 Å². The van der Waals surface area contributed by atoms with E-state index in [1.54, 1.807) is 0 Å². The lowest BCUT2D eigenvalue weighted by molar-refractivity contribution is 0.143. The molecule has 0 aromatic heterocycles. The van der Waals surface area contributed by atoms with Crippen molar-refractivity contribution in [3.63, 3.8) is 0 Å². The van der Waals surface area contributed by atoms with Crippen LogP contribution < -0.4 is 21.3 Å². The van der Waals surface area contributed by atoms with Gasteiger partial charge in [-0.3, -0.25) is 0 Å². The van der Waals surface area contributed by atoms with Crippen molar-refractivity contribution < 1.29 is 0 Å². The van der Waals surface area contributed by atoms with Gasteiger partial charge in [-0.25, -0.2) is 0 Å². The molecule has 0 spiro atoms. The Morgan fingerprint density at radius 2 is 0.725 bits per heavy atom. The second-order valence-electron chi connectivity index (χ2n) is 13.3. The molecule has 4 heteroatoms. The molecule has 2 heterocycles. The molecular formula is C36H46N4. The summed E-state index contributed by atoms with van der Waals surface area (Å²) in [5.41, 5.74) is 5.51. The fourth-order valence-corrected chi connectivity index (χ4v) is 8.22. The fourth-order valence-electron chi connectivity index (χ4n) is 8.22. The van der Waals surface area contributed by atoms with E-state index in [9.17, 15) is 0 Å². The highest BCUT2D eigenvalue weighted by molar-refractivity contribution is 5.35. The van der Waals surface area contributed by atoms with Gasteiger partial charge in [-0.15, -0.1) is 0 Å². The SMILES string of the molecule is CC1CCC2NC(c3ccc(C4NC5CCC(C)CC5NC4c4ccccc4)cc3)C(c3ccccc3)NC2C1. The van der Waals surface area contributed by atoms with Crippen LogP contribution in [-0.4, -0.2) is 24.2 Å². The Morgan fingerprint density at radius 1 is 0.400 bits per heavy atom. The summed E-state index contributed by atoms with van der Waals surface area (Å²) in [6.07, 6.45) is 7.67. The second-order valence-corrected chi connectivity index (χ2v) is 13.3. The largest absolute Gasteiger partial charge is 0.304 e. The summed E-state index contributed by atoms with van der Waals surface area (Å²) in [6.45, 7) is 4.82. The van der Waals surface area contributed by atoms with E-state index < -0.39 is 0 Å². The smallest absolute Gasteiger partial charge is 0.0521 e. The Kier molecular flexibility index (Phi) is 7.53. The van der Waals surface area contributed by atoms with E-state index in [1.165, 1.54) is 60.8 Å². The highest BCUT2D eigenvalue weighted by Gasteiger charge is 2.42. The first-order chi connectivity index (χ1) is 19.6. The maximum absolute atomic E-state index is 4.13. The monoisotopic (exact) mass is 534 g/mol. The Balaban J connectivity index is 1.17. The average Bonchev–Trinajstić information content (AvgIpc) is 3.00. The first-order valence-electron chi connectivity index (χ1n) is 15.9. The highest BCUT2D eigenvalue weighted by Crippen LogP contribution is 2.41. The second kappa shape index (κ2) is 11.4. The molecule has 0 bridgehead atoms. The standard InChI is InChI=1S/C36H46N4/c1-23-13-19-29-31(21-23)39-33(25-9-5-3-6-10-25)35(37-29)27-15-17-28(18-16-27)36-34(26-11-7-4-8-12-26)40-32-22-24(2)14-20-30(32)38-36/h3-12,15-18,23-24,29-40H,13-14,19-22H2,1-2H3. The van der Waals surface area contributed by atoms with Crippen molar-refractivity contribution in [3.05, 3.63) is 107 Å². The number of fused-ring (bicyclic) bond motifs is 2. The van der Waals surface area contributed by atoms with Crippen LogP contribution in [0, 0.1) is 11.8 Å². The van der Waals surface area contributed by atoms with Gasteiger partial charge >= 0.3 is 0 Å². The Labute approximate surface area is 240 Å². The van der Waals surface area contributed by atoms with Crippen LogP contribution in [0.5, 0.6) is 0 Å². The van der Waals surface area contributed by atoms with Crippen LogP contribution in [0.1, 0.15) is 98.8 Å². The minimum absolute atomic E-state index is 0.262. The predicted molar refractivity (Wildman–Crippen MR) is 164 cm³/mol. The number of rotatable bonds is 4. The first-order valence-corrected chi connectivity index (χ1v) is 15.9. The van der Waals surface area contributed by atoms with Gasteiger partial charge in [0.05, 0.1) is 24.2 Å². The van der Waals surface area contributed by atoms with Crippen LogP contribution in [-0.2, 0) is 0 Å². The summed E-state index contributed by atoms with van der Waals surface area (Å²) in [6, 6.07) is 34.9. The molecule has 7 rings (SSSR count). The van der Waals surface area contributed by atoms with Gasteiger partial charge in [0.2, 0.25) is 0 Å². The zero-order valence-electron chi connectivity index (χ0n) is 24.1. The molecule has 3 aromatic rings. The van der Waals surface area contributed by atoms with E-state index in [1.807, 2.05) is 0 Å². The Hall–Kier alpha value is -2.50. The molecule has 0 amide bonds. The average molecular weight is 535 g/mol. The Bertz CT molecular complexity index is 1150. The topological polar surface area (TPSA) is 48.1 Å². The van der Waals surface area contributed by atoms with E-state index >= 15 is 0 Å². The number of piperazine rings is 2. The van der Waals surface area contributed by atoms with Gasteiger partial charge in [0.1, 0.15) is 0 Å². The molecule has 10 unspecified atom stereocenters. The third-order valence-corrected chi connectivity index (χ3v) is 10.4. The molecule has 2 aliphatic carbocycles. The van der Waals surface area contributed by atoms with Crippen molar-refractivity contribution in [2.75, 3.05) is 0 Å². The molecule has 4 fully saturated rings. The summed E-state index contributed by atoms with van der Waals surface area (Å²) in [5.74, 6) is 1.59. The predicted octanol–water partition coefficient (Wildman–Crippen LogP) is 6.75. The molecule has 4 N–H and O–H groups in total. The van der Waals surface area contributed by atoms with Crippen molar-refractivity contribution in [1.82, 2.24) is 21.3 Å². The third kappa shape index (κ3) is 5.27. The van der Waals surface area contributed by atoms with E-state index in [-0.39, 0.29) is 24.2 Å². The van der Waals surface area contributed by atoms with Crippen LogP contribution in [0.3, 0.4) is 0 Å². The molecule has 4 nitrogen and oxygen atoms in total. The van der Waals surface area contributed by atoms with Crippen LogP contribution in [0.25, 0.3) is 0 Å². The van der Waals surface area contributed by atoms with Gasteiger partial charge < -0.3 is 21.3 Å². The van der Waals surface area contributed by atoms with Gasteiger partial charge in [-0.1, -0.05) is 98.8 Å². The first kappa shape index (κ1) is 26.4. The zero-order chi connectivity index (χ0) is 27.1. The lowest BCUT2D eigenvalue weighted by atomic mass is 9.77. The number of benzene rings is 3. The van der Waals surface area contributed by atoms with Crippen LogP contribution in [0.2, 0.25) is 0 Å². The molecule has 2 saturated carbocycles.